The van der Waals surface area contributed by atoms with Gasteiger partial charge in [-0.05, 0) is 55.6 Å². The zero-order valence-corrected chi connectivity index (χ0v) is 20.5. The molecule has 0 atom stereocenters. The Morgan fingerprint density at radius 1 is 0.882 bits per heavy atom. The van der Waals surface area contributed by atoms with Gasteiger partial charge in [0.25, 0.3) is 5.91 Å². The summed E-state index contributed by atoms with van der Waals surface area (Å²) in [5, 5.41) is 0.676. The molecule has 4 rings (SSSR count). The molecule has 0 radical (unpaired) electrons. The van der Waals surface area contributed by atoms with Crippen LogP contribution in [0.5, 0.6) is 17.2 Å². The van der Waals surface area contributed by atoms with Crippen LogP contribution in [0, 0.1) is 0 Å². The molecule has 176 valence electrons. The number of rotatable bonds is 10. The first kappa shape index (κ1) is 23.7. The number of ether oxygens (including phenoxy) is 2. The van der Waals surface area contributed by atoms with Crippen LogP contribution in [-0.2, 0) is 0 Å². The van der Waals surface area contributed by atoms with Crippen LogP contribution in [0.4, 0.5) is 5.13 Å². The number of likely N-dealkylation sites (N-methyl/N-ethyl adjacent to an activating group) is 1. The van der Waals surface area contributed by atoms with E-state index in [0.29, 0.717) is 23.0 Å². The van der Waals surface area contributed by atoms with E-state index < -0.39 is 0 Å². The normalized spacial score (nSPS) is 11.1. The second kappa shape index (κ2) is 11.1. The van der Waals surface area contributed by atoms with Gasteiger partial charge in [-0.25, -0.2) is 4.98 Å². The van der Waals surface area contributed by atoms with Crippen LogP contribution < -0.4 is 14.4 Å². The predicted octanol–water partition coefficient (Wildman–Crippen LogP) is 6.09. The van der Waals surface area contributed by atoms with Gasteiger partial charge in [0.15, 0.2) is 5.13 Å². The number of carbonyl (C=O) groups excluding carboxylic acids is 1. The van der Waals surface area contributed by atoms with Gasteiger partial charge in [0, 0.05) is 24.7 Å². The molecule has 3 aromatic carbocycles. The SMILES string of the molecule is CCN(CC)CCN(C(=O)c1cccc(Oc2ccccc2)c1)c1nc2cc(OC)ccc2s1. The fourth-order valence-electron chi connectivity index (χ4n) is 3.68. The van der Waals surface area contributed by atoms with Crippen molar-refractivity contribution in [3.05, 3.63) is 78.4 Å². The van der Waals surface area contributed by atoms with Crippen molar-refractivity contribution in [1.82, 2.24) is 9.88 Å². The zero-order valence-electron chi connectivity index (χ0n) is 19.7. The lowest BCUT2D eigenvalue weighted by atomic mass is 10.2. The molecule has 1 amide bonds. The number of thiazole rings is 1. The van der Waals surface area contributed by atoms with E-state index in [9.17, 15) is 4.79 Å². The summed E-state index contributed by atoms with van der Waals surface area (Å²) in [5.74, 6) is 1.99. The minimum Gasteiger partial charge on any atom is -0.497 e. The summed E-state index contributed by atoms with van der Waals surface area (Å²) in [6.45, 7) is 7.42. The maximum atomic E-state index is 13.7. The molecular formula is C27H29N3O3S. The molecule has 0 N–H and O–H groups in total. The van der Waals surface area contributed by atoms with Crippen LogP contribution in [0.25, 0.3) is 10.2 Å². The van der Waals surface area contributed by atoms with Crippen molar-refractivity contribution in [2.24, 2.45) is 0 Å². The number of carbonyl (C=O) groups is 1. The van der Waals surface area contributed by atoms with E-state index >= 15 is 0 Å². The molecule has 0 aliphatic carbocycles. The van der Waals surface area contributed by atoms with Crippen LogP contribution in [0.1, 0.15) is 24.2 Å². The highest BCUT2D eigenvalue weighted by Crippen LogP contribution is 2.32. The highest BCUT2D eigenvalue weighted by molar-refractivity contribution is 7.22. The van der Waals surface area contributed by atoms with Crippen molar-refractivity contribution < 1.29 is 14.3 Å². The minimum absolute atomic E-state index is 0.100. The molecule has 1 heterocycles. The maximum Gasteiger partial charge on any atom is 0.260 e. The van der Waals surface area contributed by atoms with Crippen LogP contribution >= 0.6 is 11.3 Å². The molecule has 34 heavy (non-hydrogen) atoms. The first-order chi connectivity index (χ1) is 16.6. The molecule has 0 bridgehead atoms. The number of hydrogen-bond acceptors (Lipinski definition) is 6. The molecule has 6 nitrogen and oxygen atoms in total. The predicted molar refractivity (Wildman–Crippen MR) is 139 cm³/mol. The Kier molecular flexibility index (Phi) is 7.77. The van der Waals surface area contributed by atoms with Gasteiger partial charge in [-0.15, -0.1) is 0 Å². The second-order valence-electron chi connectivity index (χ2n) is 7.76. The van der Waals surface area contributed by atoms with Crippen LogP contribution in [0.15, 0.2) is 72.8 Å². The highest BCUT2D eigenvalue weighted by atomic mass is 32.1. The average Bonchev–Trinajstić information content (AvgIpc) is 3.30. The first-order valence-electron chi connectivity index (χ1n) is 11.4. The average molecular weight is 476 g/mol. The van der Waals surface area contributed by atoms with Crippen molar-refractivity contribution in [2.45, 2.75) is 13.8 Å². The summed E-state index contributed by atoms with van der Waals surface area (Å²) in [6, 6.07) is 22.7. The van der Waals surface area contributed by atoms with Crippen LogP contribution in [-0.4, -0.2) is 49.1 Å². The van der Waals surface area contributed by atoms with Crippen LogP contribution in [0.3, 0.4) is 0 Å². The molecule has 0 aliphatic heterocycles. The van der Waals surface area contributed by atoms with E-state index in [1.165, 1.54) is 11.3 Å². The summed E-state index contributed by atoms with van der Waals surface area (Å²) in [4.78, 5) is 22.6. The topological polar surface area (TPSA) is 54.9 Å². The lowest BCUT2D eigenvalue weighted by Crippen LogP contribution is -2.38. The Labute approximate surface area is 204 Å². The van der Waals surface area contributed by atoms with Crippen molar-refractivity contribution in [2.75, 3.05) is 38.2 Å². The smallest absolute Gasteiger partial charge is 0.260 e. The van der Waals surface area contributed by atoms with E-state index in [-0.39, 0.29) is 5.91 Å². The number of hydrogen-bond donors (Lipinski definition) is 0. The zero-order chi connectivity index (χ0) is 23.9. The molecule has 1 aromatic heterocycles. The third kappa shape index (κ3) is 5.55. The molecular weight excluding hydrogens is 446 g/mol. The van der Waals surface area contributed by atoms with Gasteiger partial charge in [0.05, 0.1) is 17.3 Å². The number of anilines is 1. The first-order valence-corrected chi connectivity index (χ1v) is 12.2. The minimum atomic E-state index is -0.100. The van der Waals surface area contributed by atoms with Gasteiger partial charge in [0.2, 0.25) is 0 Å². The molecule has 0 unspecified atom stereocenters. The standard InChI is InChI=1S/C27H29N3O3S/c1-4-29(5-2)16-17-30(27-28-24-19-22(32-3)14-15-25(24)34-27)26(31)20-10-9-13-23(18-20)33-21-11-7-6-8-12-21/h6-15,18-19H,4-5,16-17H2,1-3H3. The number of fused-ring (bicyclic) bond motifs is 1. The number of methoxy groups -OCH3 is 1. The van der Waals surface area contributed by atoms with E-state index in [1.807, 2.05) is 66.7 Å². The molecule has 7 heteroatoms. The van der Waals surface area contributed by atoms with Gasteiger partial charge in [0.1, 0.15) is 17.2 Å². The van der Waals surface area contributed by atoms with Gasteiger partial charge in [-0.3, -0.25) is 9.69 Å². The summed E-state index contributed by atoms with van der Waals surface area (Å²) in [6.07, 6.45) is 0. The number of benzene rings is 3. The highest BCUT2D eigenvalue weighted by Gasteiger charge is 2.22. The summed E-state index contributed by atoms with van der Waals surface area (Å²) >= 11 is 1.51. The Bertz CT molecular complexity index is 1240. The van der Waals surface area contributed by atoms with Gasteiger partial charge < -0.3 is 14.4 Å². The van der Waals surface area contributed by atoms with Gasteiger partial charge in [-0.1, -0.05) is 49.4 Å². The third-order valence-electron chi connectivity index (χ3n) is 5.65. The fraction of sp³-hybridized carbons (Fsp3) is 0.259. The molecule has 0 spiro atoms. The van der Waals surface area contributed by atoms with E-state index in [1.54, 1.807) is 18.1 Å². The second-order valence-corrected chi connectivity index (χ2v) is 8.77. The quantitative estimate of drug-likeness (QED) is 0.278. The number of nitrogens with zero attached hydrogens (tertiary/aromatic N) is 3. The lowest BCUT2D eigenvalue weighted by molar-refractivity contribution is 0.0983. The molecule has 0 fully saturated rings. The van der Waals surface area contributed by atoms with Gasteiger partial charge in [-0.2, -0.15) is 0 Å². The monoisotopic (exact) mass is 475 g/mol. The third-order valence-corrected chi connectivity index (χ3v) is 6.71. The lowest BCUT2D eigenvalue weighted by Gasteiger charge is -2.25. The number of amides is 1. The fourth-order valence-corrected chi connectivity index (χ4v) is 4.65. The van der Waals surface area contributed by atoms with E-state index in [4.69, 9.17) is 14.5 Å². The Balaban J connectivity index is 1.64. The maximum absolute atomic E-state index is 13.7. The van der Waals surface area contributed by atoms with E-state index in [0.717, 1.165) is 41.3 Å². The van der Waals surface area contributed by atoms with Gasteiger partial charge >= 0.3 is 0 Å². The Hall–Kier alpha value is -3.42. The summed E-state index contributed by atoms with van der Waals surface area (Å²) in [5.41, 5.74) is 1.38. The molecule has 0 aliphatic rings. The summed E-state index contributed by atoms with van der Waals surface area (Å²) in [7, 11) is 1.64. The van der Waals surface area contributed by atoms with E-state index in [2.05, 4.69) is 18.7 Å². The van der Waals surface area contributed by atoms with Crippen LogP contribution in [0.2, 0.25) is 0 Å². The van der Waals surface area contributed by atoms with Crippen molar-refractivity contribution in [3.63, 3.8) is 0 Å². The molecule has 0 saturated carbocycles. The largest absolute Gasteiger partial charge is 0.497 e. The number of aromatic nitrogens is 1. The molecule has 0 saturated heterocycles. The number of para-hydroxylation sites is 1. The molecule has 4 aromatic rings. The Morgan fingerprint density at radius 3 is 2.38 bits per heavy atom. The Morgan fingerprint density at radius 2 is 1.65 bits per heavy atom. The summed E-state index contributed by atoms with van der Waals surface area (Å²) < 4.78 is 12.3. The van der Waals surface area contributed by atoms with Crippen molar-refractivity contribution >= 4 is 32.6 Å². The van der Waals surface area contributed by atoms with Crippen molar-refractivity contribution in [3.8, 4) is 17.2 Å². The van der Waals surface area contributed by atoms with Crippen molar-refractivity contribution in [1.29, 1.82) is 0 Å².